The van der Waals surface area contributed by atoms with Crippen molar-refractivity contribution in [1.29, 1.82) is 0 Å². The van der Waals surface area contributed by atoms with E-state index in [9.17, 15) is 25.5 Å². The van der Waals surface area contributed by atoms with Crippen LogP contribution < -0.4 is 4.72 Å². The molecule has 0 saturated carbocycles. The zero-order chi connectivity index (χ0) is 16.5. The highest BCUT2D eigenvalue weighted by Gasteiger charge is 2.19. The predicted octanol–water partition coefficient (Wildman–Crippen LogP) is 1.17. The van der Waals surface area contributed by atoms with Crippen molar-refractivity contribution < 1.29 is 30.6 Å². The number of aromatic carboxylic acids is 1. The maximum Gasteiger partial charge on any atom is 0.352 e. The quantitative estimate of drug-likeness (QED) is 0.695. The van der Waals surface area contributed by atoms with E-state index in [-0.39, 0.29) is 16.3 Å². The highest BCUT2D eigenvalue weighted by Crippen LogP contribution is 2.21. The molecule has 3 N–H and O–H groups in total. The lowest BCUT2D eigenvalue weighted by molar-refractivity contribution is 0.0691. The molecule has 2 aromatic rings. The van der Waals surface area contributed by atoms with Gasteiger partial charge in [-0.05, 0) is 24.3 Å². The SMILES string of the molecule is O=C(O)c1cc(S(=O)(=O)Nc2cccc(S(=O)(=O)F)c2)c[nH]1. The second-order valence-corrected chi connectivity index (χ2v) is 7.15. The van der Waals surface area contributed by atoms with E-state index in [0.717, 1.165) is 30.5 Å². The summed E-state index contributed by atoms with van der Waals surface area (Å²) < 4.78 is 60.5. The molecule has 0 aliphatic rings. The van der Waals surface area contributed by atoms with Crippen LogP contribution in [0.5, 0.6) is 0 Å². The van der Waals surface area contributed by atoms with Gasteiger partial charge in [0.25, 0.3) is 10.0 Å². The number of carbonyl (C=O) groups is 1. The maximum atomic E-state index is 12.9. The molecule has 11 heteroatoms. The lowest BCUT2D eigenvalue weighted by atomic mass is 10.3. The lowest BCUT2D eigenvalue weighted by Gasteiger charge is -2.06. The van der Waals surface area contributed by atoms with Gasteiger partial charge in [0.2, 0.25) is 0 Å². The normalized spacial score (nSPS) is 12.0. The van der Waals surface area contributed by atoms with Gasteiger partial charge in [-0.2, -0.15) is 8.42 Å². The Hall–Kier alpha value is -2.40. The van der Waals surface area contributed by atoms with Gasteiger partial charge in [0.15, 0.2) is 0 Å². The summed E-state index contributed by atoms with van der Waals surface area (Å²) in [4.78, 5) is 11.9. The molecular formula is C11H9FN2O6S2. The van der Waals surface area contributed by atoms with Crippen LogP contribution in [0, 0.1) is 0 Å². The summed E-state index contributed by atoms with van der Waals surface area (Å²) in [5.41, 5.74) is -0.516. The van der Waals surface area contributed by atoms with Crippen LogP contribution in [0.4, 0.5) is 9.57 Å². The van der Waals surface area contributed by atoms with Gasteiger partial charge < -0.3 is 10.1 Å². The summed E-state index contributed by atoms with van der Waals surface area (Å²) in [5.74, 6) is -1.34. The number of carboxylic acid groups (broad SMARTS) is 1. The molecule has 0 atom stereocenters. The highest BCUT2D eigenvalue weighted by molar-refractivity contribution is 7.92. The summed E-state index contributed by atoms with van der Waals surface area (Å²) in [6.07, 6.45) is 0.960. The molecule has 0 aliphatic heterocycles. The van der Waals surface area contributed by atoms with Crippen LogP contribution in [-0.2, 0) is 20.2 Å². The molecule has 0 amide bonds. The number of aromatic nitrogens is 1. The van der Waals surface area contributed by atoms with Crippen LogP contribution in [0.2, 0.25) is 0 Å². The number of sulfonamides is 1. The van der Waals surface area contributed by atoms with Crippen molar-refractivity contribution in [2.24, 2.45) is 0 Å². The number of carboxylic acids is 1. The fourth-order valence-electron chi connectivity index (χ4n) is 1.58. The molecule has 1 aromatic carbocycles. The van der Waals surface area contributed by atoms with E-state index in [1.54, 1.807) is 0 Å². The van der Waals surface area contributed by atoms with Crippen LogP contribution in [0.1, 0.15) is 10.5 Å². The van der Waals surface area contributed by atoms with Crippen LogP contribution in [0.15, 0.2) is 46.3 Å². The minimum Gasteiger partial charge on any atom is -0.477 e. The Bertz CT molecular complexity index is 933. The van der Waals surface area contributed by atoms with Gasteiger partial charge in [0.1, 0.15) is 15.5 Å². The van der Waals surface area contributed by atoms with Gasteiger partial charge in [-0.1, -0.05) is 6.07 Å². The molecule has 0 saturated heterocycles. The molecular weight excluding hydrogens is 339 g/mol. The van der Waals surface area contributed by atoms with E-state index >= 15 is 0 Å². The van der Waals surface area contributed by atoms with Crippen molar-refractivity contribution in [3.05, 3.63) is 42.2 Å². The van der Waals surface area contributed by atoms with Gasteiger partial charge in [0, 0.05) is 6.20 Å². The Kier molecular flexibility index (Phi) is 3.94. The molecule has 1 aromatic heterocycles. The monoisotopic (exact) mass is 348 g/mol. The molecule has 0 bridgehead atoms. The molecule has 0 spiro atoms. The second-order valence-electron chi connectivity index (χ2n) is 4.13. The first-order chi connectivity index (χ1) is 10.1. The third-order valence-electron chi connectivity index (χ3n) is 2.57. The Morgan fingerprint density at radius 3 is 2.36 bits per heavy atom. The molecule has 0 radical (unpaired) electrons. The van der Waals surface area contributed by atoms with Gasteiger partial charge in [0.05, 0.1) is 5.69 Å². The van der Waals surface area contributed by atoms with Crippen molar-refractivity contribution in [1.82, 2.24) is 4.98 Å². The topological polar surface area (TPSA) is 133 Å². The van der Waals surface area contributed by atoms with E-state index in [1.165, 1.54) is 6.07 Å². The Labute approximate surface area is 124 Å². The molecule has 0 unspecified atom stereocenters. The van der Waals surface area contributed by atoms with Crippen LogP contribution in [0.25, 0.3) is 0 Å². The molecule has 8 nitrogen and oxygen atoms in total. The highest BCUT2D eigenvalue weighted by atomic mass is 32.3. The number of benzene rings is 1. The summed E-state index contributed by atoms with van der Waals surface area (Å²) in [6.45, 7) is 0. The number of H-pyrrole nitrogens is 1. The fourth-order valence-corrected chi connectivity index (χ4v) is 3.13. The molecule has 1 heterocycles. The van der Waals surface area contributed by atoms with Crippen molar-refractivity contribution in [2.75, 3.05) is 4.72 Å². The average molecular weight is 348 g/mol. The van der Waals surface area contributed by atoms with E-state index in [0.29, 0.717) is 0 Å². The van der Waals surface area contributed by atoms with Gasteiger partial charge >= 0.3 is 16.2 Å². The standard InChI is InChI=1S/C11H9FN2O6S2/c12-21(17,18)8-3-1-2-7(4-8)14-22(19,20)9-5-10(11(15)16)13-6-9/h1-6,13-14H,(H,15,16). The number of aromatic amines is 1. The van der Waals surface area contributed by atoms with Crippen molar-refractivity contribution in [3.8, 4) is 0 Å². The predicted molar refractivity (Wildman–Crippen MR) is 73.3 cm³/mol. The summed E-state index contributed by atoms with van der Waals surface area (Å²) in [6, 6.07) is 5.03. The largest absolute Gasteiger partial charge is 0.477 e. The minimum absolute atomic E-state index is 0.184. The lowest BCUT2D eigenvalue weighted by Crippen LogP contribution is -2.12. The number of rotatable bonds is 5. The zero-order valence-corrected chi connectivity index (χ0v) is 12.3. The molecule has 0 aliphatic carbocycles. The fraction of sp³-hybridized carbons (Fsp3) is 0. The molecule has 0 fully saturated rings. The number of anilines is 1. The third-order valence-corrected chi connectivity index (χ3v) is 4.74. The number of hydrogen-bond donors (Lipinski definition) is 3. The summed E-state index contributed by atoms with van der Waals surface area (Å²) in [7, 11) is -9.12. The zero-order valence-electron chi connectivity index (χ0n) is 10.6. The van der Waals surface area contributed by atoms with Crippen LogP contribution in [0.3, 0.4) is 0 Å². The Morgan fingerprint density at radius 2 is 1.82 bits per heavy atom. The Balaban J connectivity index is 2.34. The van der Waals surface area contributed by atoms with Gasteiger partial charge in [-0.25, -0.2) is 13.2 Å². The van der Waals surface area contributed by atoms with E-state index < -0.39 is 31.1 Å². The number of hydrogen-bond acceptors (Lipinski definition) is 5. The summed E-state index contributed by atoms with van der Waals surface area (Å²) >= 11 is 0. The first kappa shape index (κ1) is 16.0. The molecule has 22 heavy (non-hydrogen) atoms. The van der Waals surface area contributed by atoms with Crippen molar-refractivity contribution in [2.45, 2.75) is 9.79 Å². The summed E-state index contributed by atoms with van der Waals surface area (Å²) in [5, 5.41) is 8.72. The molecule has 118 valence electrons. The number of halogens is 1. The van der Waals surface area contributed by atoms with Gasteiger partial charge in [-0.3, -0.25) is 4.72 Å². The third kappa shape index (κ3) is 3.43. The Morgan fingerprint density at radius 1 is 1.14 bits per heavy atom. The maximum absolute atomic E-state index is 12.9. The van der Waals surface area contributed by atoms with Crippen LogP contribution in [-0.4, -0.2) is 32.9 Å². The van der Waals surface area contributed by atoms with Crippen molar-refractivity contribution in [3.63, 3.8) is 0 Å². The number of nitrogens with one attached hydrogen (secondary N) is 2. The minimum atomic E-state index is -4.97. The van der Waals surface area contributed by atoms with Gasteiger partial charge in [-0.15, -0.1) is 3.89 Å². The molecule has 2 rings (SSSR count). The first-order valence-corrected chi connectivity index (χ1v) is 8.45. The average Bonchev–Trinajstić information content (AvgIpc) is 2.88. The first-order valence-electron chi connectivity index (χ1n) is 5.59. The smallest absolute Gasteiger partial charge is 0.352 e. The van der Waals surface area contributed by atoms with E-state index in [2.05, 4.69) is 4.98 Å². The van der Waals surface area contributed by atoms with Crippen molar-refractivity contribution >= 4 is 31.9 Å². The van der Waals surface area contributed by atoms with E-state index in [1.807, 2.05) is 4.72 Å². The van der Waals surface area contributed by atoms with E-state index in [4.69, 9.17) is 5.11 Å². The second kappa shape index (κ2) is 5.42. The van der Waals surface area contributed by atoms with Crippen LogP contribution >= 0.6 is 0 Å².